The SMILES string of the molecule is C/C=C(OCCC)/C(N)=N/N=C(\N)C1=CCCCO1. The molecule has 0 unspecified atom stereocenters. The summed E-state index contributed by atoms with van der Waals surface area (Å²) in [5.41, 5.74) is 11.6. The second-order valence-corrected chi connectivity index (χ2v) is 4.03. The van der Waals surface area contributed by atoms with Crippen molar-refractivity contribution in [2.24, 2.45) is 21.7 Å². The number of hydrogen-bond donors (Lipinski definition) is 2. The first-order valence-corrected chi connectivity index (χ1v) is 6.48. The van der Waals surface area contributed by atoms with Crippen LogP contribution in [0, 0.1) is 0 Å². The highest BCUT2D eigenvalue weighted by Gasteiger charge is 2.09. The fraction of sp³-hybridized carbons (Fsp3) is 0.538. The number of hydrogen-bond acceptors (Lipinski definition) is 4. The summed E-state index contributed by atoms with van der Waals surface area (Å²) in [6.45, 7) is 5.08. The van der Waals surface area contributed by atoms with Gasteiger partial charge in [0.2, 0.25) is 0 Å². The Balaban J connectivity index is 2.69. The minimum atomic E-state index is 0.204. The molecule has 0 bridgehead atoms. The summed E-state index contributed by atoms with van der Waals surface area (Å²) < 4.78 is 10.8. The quantitative estimate of drug-likeness (QED) is 0.330. The summed E-state index contributed by atoms with van der Waals surface area (Å²) in [5.74, 6) is 1.51. The fourth-order valence-electron chi connectivity index (χ4n) is 1.46. The molecular weight excluding hydrogens is 244 g/mol. The topological polar surface area (TPSA) is 95.2 Å². The monoisotopic (exact) mass is 266 g/mol. The molecule has 0 amide bonds. The van der Waals surface area contributed by atoms with Crippen molar-refractivity contribution in [3.05, 3.63) is 23.7 Å². The summed E-state index contributed by atoms with van der Waals surface area (Å²) in [6, 6.07) is 0. The average Bonchev–Trinajstić information content (AvgIpc) is 2.46. The molecule has 0 aliphatic carbocycles. The van der Waals surface area contributed by atoms with Gasteiger partial charge in [0.1, 0.15) is 0 Å². The molecule has 0 saturated heterocycles. The Morgan fingerprint density at radius 3 is 2.84 bits per heavy atom. The van der Waals surface area contributed by atoms with Crippen molar-refractivity contribution in [3.8, 4) is 0 Å². The van der Waals surface area contributed by atoms with Gasteiger partial charge in [-0.25, -0.2) is 0 Å². The van der Waals surface area contributed by atoms with E-state index in [4.69, 9.17) is 20.9 Å². The molecule has 0 radical (unpaired) electrons. The molecule has 0 fully saturated rings. The molecule has 6 heteroatoms. The molecule has 19 heavy (non-hydrogen) atoms. The van der Waals surface area contributed by atoms with Crippen LogP contribution in [0.25, 0.3) is 0 Å². The Hall–Kier alpha value is -1.98. The van der Waals surface area contributed by atoms with Crippen LogP contribution in [0.4, 0.5) is 0 Å². The molecular formula is C13H22N4O2. The molecule has 1 heterocycles. The molecule has 0 aromatic heterocycles. The van der Waals surface area contributed by atoms with Crippen molar-refractivity contribution in [1.29, 1.82) is 0 Å². The number of nitrogens with two attached hydrogens (primary N) is 2. The maximum atomic E-state index is 5.78. The zero-order valence-electron chi connectivity index (χ0n) is 11.6. The smallest absolute Gasteiger partial charge is 0.188 e. The lowest BCUT2D eigenvalue weighted by molar-refractivity contribution is 0.212. The first-order valence-electron chi connectivity index (χ1n) is 6.48. The van der Waals surface area contributed by atoms with Crippen LogP contribution >= 0.6 is 0 Å². The summed E-state index contributed by atoms with van der Waals surface area (Å²) in [7, 11) is 0. The van der Waals surface area contributed by atoms with Crippen LogP contribution < -0.4 is 11.5 Å². The Morgan fingerprint density at radius 1 is 1.47 bits per heavy atom. The molecule has 0 aromatic rings. The zero-order chi connectivity index (χ0) is 14.1. The van der Waals surface area contributed by atoms with Gasteiger partial charge in [-0.15, -0.1) is 10.2 Å². The second-order valence-electron chi connectivity index (χ2n) is 4.03. The predicted octanol–water partition coefficient (Wildman–Crippen LogP) is 1.64. The number of allylic oxidation sites excluding steroid dienone is 2. The molecule has 1 rings (SSSR count). The molecule has 6 nitrogen and oxygen atoms in total. The van der Waals surface area contributed by atoms with E-state index in [0.717, 1.165) is 19.3 Å². The van der Waals surface area contributed by atoms with Gasteiger partial charge in [0, 0.05) is 0 Å². The van der Waals surface area contributed by atoms with Gasteiger partial charge in [-0.2, -0.15) is 0 Å². The van der Waals surface area contributed by atoms with E-state index in [1.54, 1.807) is 6.08 Å². The second kappa shape index (κ2) is 8.18. The Kier molecular flexibility index (Phi) is 6.49. The van der Waals surface area contributed by atoms with Crippen LogP contribution in [-0.4, -0.2) is 24.9 Å². The third-order valence-corrected chi connectivity index (χ3v) is 2.43. The first-order chi connectivity index (χ1) is 9.19. The van der Waals surface area contributed by atoms with Crippen molar-refractivity contribution in [3.63, 3.8) is 0 Å². The summed E-state index contributed by atoms with van der Waals surface area (Å²) >= 11 is 0. The van der Waals surface area contributed by atoms with Crippen LogP contribution in [-0.2, 0) is 9.47 Å². The molecule has 4 N–H and O–H groups in total. The lowest BCUT2D eigenvalue weighted by Gasteiger charge is -2.13. The van der Waals surface area contributed by atoms with Crippen LogP contribution in [0.1, 0.15) is 33.1 Å². The van der Waals surface area contributed by atoms with E-state index in [2.05, 4.69) is 10.2 Å². The van der Waals surface area contributed by atoms with E-state index in [0.29, 0.717) is 24.7 Å². The van der Waals surface area contributed by atoms with Crippen molar-refractivity contribution in [2.45, 2.75) is 33.1 Å². The lowest BCUT2D eigenvalue weighted by atomic mass is 10.2. The Morgan fingerprint density at radius 2 is 2.26 bits per heavy atom. The van der Waals surface area contributed by atoms with Gasteiger partial charge in [-0.1, -0.05) is 6.92 Å². The summed E-state index contributed by atoms with van der Waals surface area (Å²) in [6.07, 6.45) is 6.48. The van der Waals surface area contributed by atoms with Crippen molar-refractivity contribution < 1.29 is 9.47 Å². The van der Waals surface area contributed by atoms with Crippen molar-refractivity contribution in [1.82, 2.24) is 0 Å². The van der Waals surface area contributed by atoms with E-state index in [1.807, 2.05) is 19.9 Å². The van der Waals surface area contributed by atoms with Crippen molar-refractivity contribution in [2.75, 3.05) is 13.2 Å². The largest absolute Gasteiger partial charge is 0.490 e. The Labute approximate surface area is 113 Å². The minimum Gasteiger partial charge on any atom is -0.490 e. The third-order valence-electron chi connectivity index (χ3n) is 2.43. The van der Waals surface area contributed by atoms with Gasteiger partial charge in [0.25, 0.3) is 0 Å². The van der Waals surface area contributed by atoms with E-state index >= 15 is 0 Å². The minimum absolute atomic E-state index is 0.204. The molecule has 0 aromatic carbocycles. The standard InChI is InChI=1S/C13H22N4O2/c1-3-8-18-10(4-2)12(14)16-17-13(15)11-7-5-6-9-19-11/h4,7H,3,5-6,8-9H2,1-2H3,(H2,14,16)(H2,15,17)/b10-4-. The fourth-order valence-corrected chi connectivity index (χ4v) is 1.46. The number of amidine groups is 2. The van der Waals surface area contributed by atoms with Gasteiger partial charge in [0.05, 0.1) is 13.2 Å². The van der Waals surface area contributed by atoms with Crippen LogP contribution in [0.5, 0.6) is 0 Å². The number of nitrogens with zero attached hydrogens (tertiary/aromatic N) is 2. The number of rotatable bonds is 6. The van der Waals surface area contributed by atoms with E-state index in [9.17, 15) is 0 Å². The van der Waals surface area contributed by atoms with Gasteiger partial charge in [-0.05, 0) is 38.3 Å². The molecule has 0 atom stereocenters. The summed E-state index contributed by atoms with van der Waals surface area (Å²) in [4.78, 5) is 0. The number of ether oxygens (including phenoxy) is 2. The van der Waals surface area contributed by atoms with Crippen LogP contribution in [0.3, 0.4) is 0 Å². The normalized spacial score (nSPS) is 17.8. The van der Waals surface area contributed by atoms with Crippen LogP contribution in [0.15, 0.2) is 33.9 Å². The highest BCUT2D eigenvalue weighted by Crippen LogP contribution is 2.09. The molecule has 1 aliphatic rings. The predicted molar refractivity (Wildman–Crippen MR) is 76.5 cm³/mol. The van der Waals surface area contributed by atoms with Gasteiger partial charge < -0.3 is 20.9 Å². The van der Waals surface area contributed by atoms with Crippen LogP contribution in [0.2, 0.25) is 0 Å². The first kappa shape index (κ1) is 15.1. The van der Waals surface area contributed by atoms with E-state index < -0.39 is 0 Å². The molecule has 1 aliphatic heterocycles. The van der Waals surface area contributed by atoms with E-state index in [-0.39, 0.29) is 11.7 Å². The molecule has 0 saturated carbocycles. The average molecular weight is 266 g/mol. The Bertz CT molecular complexity index is 411. The lowest BCUT2D eigenvalue weighted by Crippen LogP contribution is -2.21. The molecule has 0 spiro atoms. The van der Waals surface area contributed by atoms with E-state index in [1.165, 1.54) is 0 Å². The van der Waals surface area contributed by atoms with Gasteiger partial charge in [0.15, 0.2) is 23.2 Å². The maximum Gasteiger partial charge on any atom is 0.188 e. The van der Waals surface area contributed by atoms with Crippen molar-refractivity contribution >= 4 is 11.7 Å². The zero-order valence-corrected chi connectivity index (χ0v) is 11.6. The summed E-state index contributed by atoms with van der Waals surface area (Å²) in [5, 5.41) is 7.73. The third kappa shape index (κ3) is 5.03. The highest BCUT2D eigenvalue weighted by molar-refractivity contribution is 5.98. The van der Waals surface area contributed by atoms with Gasteiger partial charge >= 0.3 is 0 Å². The maximum absolute atomic E-state index is 5.78. The van der Waals surface area contributed by atoms with Gasteiger partial charge in [-0.3, -0.25) is 0 Å². The highest BCUT2D eigenvalue weighted by atomic mass is 16.5. The molecule has 106 valence electrons.